The molecule has 2 aliphatic carbocycles. The van der Waals surface area contributed by atoms with Gasteiger partial charge >= 0.3 is 0 Å². The second kappa shape index (κ2) is 16.7. The molecule has 1 unspecified atom stereocenters. The van der Waals surface area contributed by atoms with Gasteiger partial charge in [0, 0.05) is 18.3 Å². The smallest absolute Gasteiger partial charge is 0.149 e. The molecule has 2 saturated carbocycles. The quantitative estimate of drug-likeness (QED) is 0.457. The van der Waals surface area contributed by atoms with E-state index in [1.165, 1.54) is 77.1 Å². The predicted octanol–water partition coefficient (Wildman–Crippen LogP) is 6.33. The Morgan fingerprint density at radius 1 is 0.788 bits per heavy atom. The molecule has 2 fully saturated rings. The lowest BCUT2D eigenvalue weighted by atomic mass is 9.81. The van der Waals surface area contributed by atoms with Gasteiger partial charge in [-0.3, -0.25) is 0 Å². The summed E-state index contributed by atoms with van der Waals surface area (Å²) in [4.78, 5) is 0. The summed E-state index contributed by atoms with van der Waals surface area (Å²) in [6.45, 7) is 12.1. The summed E-state index contributed by atoms with van der Waals surface area (Å²) in [6.07, 6.45) is 13.7. The first-order chi connectivity index (χ1) is 15.8. The van der Waals surface area contributed by atoms with Crippen LogP contribution in [-0.2, 0) is 9.84 Å². The molecule has 0 amide bonds. The molecule has 0 heterocycles. The van der Waals surface area contributed by atoms with E-state index in [-0.39, 0.29) is 5.25 Å². The zero-order valence-electron chi connectivity index (χ0n) is 22.3. The van der Waals surface area contributed by atoms with Crippen molar-refractivity contribution in [2.75, 3.05) is 19.3 Å². The van der Waals surface area contributed by atoms with Crippen LogP contribution >= 0.6 is 0 Å². The van der Waals surface area contributed by atoms with E-state index in [0.29, 0.717) is 0 Å². The first-order valence-electron chi connectivity index (χ1n) is 13.5. The van der Waals surface area contributed by atoms with Crippen molar-refractivity contribution >= 4 is 9.84 Å². The van der Waals surface area contributed by atoms with Gasteiger partial charge in [-0.2, -0.15) is 0 Å². The molecule has 3 rings (SSSR count). The maximum Gasteiger partial charge on any atom is 0.149 e. The van der Waals surface area contributed by atoms with E-state index in [4.69, 9.17) is 0 Å². The highest BCUT2D eigenvalue weighted by molar-refractivity contribution is 7.91. The number of benzene rings is 1. The minimum atomic E-state index is -2.74. The summed E-state index contributed by atoms with van der Waals surface area (Å²) in [5.74, 6) is 1.52. The molecule has 1 aromatic rings. The Morgan fingerprint density at radius 3 is 1.70 bits per heavy atom. The molecule has 5 heteroatoms. The molecule has 1 atom stereocenters. The van der Waals surface area contributed by atoms with Crippen molar-refractivity contribution in [1.29, 1.82) is 0 Å². The lowest BCUT2D eigenvalue weighted by Gasteiger charge is -2.31. The van der Waals surface area contributed by atoms with Crippen LogP contribution in [0.5, 0.6) is 0 Å². The van der Waals surface area contributed by atoms with E-state index in [1.54, 1.807) is 19.4 Å². The number of sulfone groups is 1. The fourth-order valence-corrected chi connectivity index (χ4v) is 4.47. The molecule has 2 aliphatic rings. The van der Waals surface area contributed by atoms with Crippen molar-refractivity contribution in [2.45, 2.75) is 116 Å². The monoisotopic (exact) mass is 480 g/mol. The SMILES string of the molecule is CC.CC(C)S(C)(=O)=O.CC(CNC1CCCCC1)CNC1CCC(c2ccccc2)CC1. The molecular weight excluding hydrogens is 428 g/mol. The lowest BCUT2D eigenvalue weighted by molar-refractivity contribution is 0.311. The second-order valence-electron chi connectivity index (χ2n) is 10.1. The van der Waals surface area contributed by atoms with Crippen LogP contribution in [0, 0.1) is 5.92 Å². The van der Waals surface area contributed by atoms with Gasteiger partial charge in [0.05, 0.1) is 5.25 Å². The van der Waals surface area contributed by atoms with Gasteiger partial charge in [-0.05, 0) is 82.9 Å². The van der Waals surface area contributed by atoms with E-state index in [2.05, 4.69) is 47.9 Å². The van der Waals surface area contributed by atoms with Gasteiger partial charge in [0.1, 0.15) is 9.84 Å². The van der Waals surface area contributed by atoms with Crippen molar-refractivity contribution in [3.8, 4) is 0 Å². The molecule has 0 bridgehead atoms. The summed E-state index contributed by atoms with van der Waals surface area (Å²) in [5, 5.41) is 7.41. The van der Waals surface area contributed by atoms with Gasteiger partial charge in [0.25, 0.3) is 0 Å². The average Bonchev–Trinajstić information content (AvgIpc) is 2.84. The van der Waals surface area contributed by atoms with Crippen molar-refractivity contribution in [3.05, 3.63) is 35.9 Å². The minimum Gasteiger partial charge on any atom is -0.314 e. The van der Waals surface area contributed by atoms with E-state index in [0.717, 1.165) is 23.9 Å². The molecular formula is C28H52N2O2S. The maximum atomic E-state index is 10.3. The molecule has 0 radical (unpaired) electrons. The molecule has 4 nitrogen and oxygen atoms in total. The molecule has 1 aromatic carbocycles. The number of hydrogen-bond donors (Lipinski definition) is 2. The van der Waals surface area contributed by atoms with Gasteiger partial charge in [-0.25, -0.2) is 8.42 Å². The van der Waals surface area contributed by atoms with E-state index in [9.17, 15) is 8.42 Å². The fraction of sp³-hybridized carbons (Fsp3) is 0.786. The molecule has 33 heavy (non-hydrogen) atoms. The first-order valence-corrected chi connectivity index (χ1v) is 15.4. The highest BCUT2D eigenvalue weighted by Gasteiger charge is 2.22. The van der Waals surface area contributed by atoms with Gasteiger partial charge in [-0.1, -0.05) is 70.4 Å². The predicted molar refractivity (Wildman–Crippen MR) is 145 cm³/mol. The van der Waals surface area contributed by atoms with Crippen LogP contribution in [0.4, 0.5) is 0 Å². The highest BCUT2D eigenvalue weighted by atomic mass is 32.2. The van der Waals surface area contributed by atoms with Crippen LogP contribution in [0.1, 0.15) is 104 Å². The minimum absolute atomic E-state index is 0.229. The topological polar surface area (TPSA) is 58.2 Å². The van der Waals surface area contributed by atoms with Gasteiger partial charge < -0.3 is 10.6 Å². The van der Waals surface area contributed by atoms with Crippen LogP contribution in [0.2, 0.25) is 0 Å². The molecule has 0 aromatic heterocycles. The van der Waals surface area contributed by atoms with Crippen molar-refractivity contribution in [1.82, 2.24) is 10.6 Å². The van der Waals surface area contributed by atoms with Crippen molar-refractivity contribution in [2.24, 2.45) is 5.92 Å². The third-order valence-corrected chi connectivity index (χ3v) is 8.68. The van der Waals surface area contributed by atoms with Crippen molar-refractivity contribution < 1.29 is 8.42 Å². The molecule has 2 N–H and O–H groups in total. The summed E-state index contributed by atoms with van der Waals surface area (Å²) < 4.78 is 20.7. The average molecular weight is 481 g/mol. The lowest BCUT2D eigenvalue weighted by Crippen LogP contribution is -2.40. The fourth-order valence-electron chi connectivity index (χ4n) is 4.47. The Balaban J connectivity index is 0.000000520. The third-order valence-electron chi connectivity index (χ3n) is 6.97. The number of rotatable bonds is 8. The van der Waals surface area contributed by atoms with Gasteiger partial charge in [0.2, 0.25) is 0 Å². The van der Waals surface area contributed by atoms with E-state index >= 15 is 0 Å². The molecule has 0 aliphatic heterocycles. The van der Waals surface area contributed by atoms with Crippen LogP contribution < -0.4 is 10.6 Å². The Kier molecular flexibility index (Phi) is 15.2. The molecule has 0 spiro atoms. The normalized spacial score (nSPS) is 22.5. The standard InChI is InChI=1S/C22H36N2.C4H10O2S.C2H6/c1-18(16-23-21-10-6-3-7-11-21)17-24-22-14-12-20(13-15-22)19-8-4-2-5-9-19;1-4(2)7(3,5)6;1-2/h2,4-5,8-9,18,20-24H,3,6-7,10-17H2,1H3;4H,1-3H3;1-2H3. The maximum absolute atomic E-state index is 10.3. The Bertz CT molecular complexity index is 692. The van der Waals surface area contributed by atoms with Crippen LogP contribution in [0.15, 0.2) is 30.3 Å². The third kappa shape index (κ3) is 12.9. The molecule has 192 valence electrons. The van der Waals surface area contributed by atoms with E-state index < -0.39 is 9.84 Å². The van der Waals surface area contributed by atoms with Gasteiger partial charge in [0.15, 0.2) is 0 Å². The second-order valence-corrected chi connectivity index (χ2v) is 12.7. The summed E-state index contributed by atoms with van der Waals surface area (Å²) >= 11 is 0. The summed E-state index contributed by atoms with van der Waals surface area (Å²) in [6, 6.07) is 12.6. The Labute approximate surface area is 205 Å². The van der Waals surface area contributed by atoms with Crippen LogP contribution in [-0.4, -0.2) is 45.1 Å². The zero-order chi connectivity index (χ0) is 24.7. The Morgan fingerprint density at radius 2 is 1.24 bits per heavy atom. The van der Waals surface area contributed by atoms with Gasteiger partial charge in [-0.15, -0.1) is 0 Å². The number of nitrogens with one attached hydrogen (secondary N) is 2. The largest absolute Gasteiger partial charge is 0.314 e. The summed E-state index contributed by atoms with van der Waals surface area (Å²) in [5.41, 5.74) is 1.54. The summed E-state index contributed by atoms with van der Waals surface area (Å²) in [7, 11) is -2.74. The van der Waals surface area contributed by atoms with Crippen LogP contribution in [0.3, 0.4) is 0 Å². The zero-order valence-corrected chi connectivity index (χ0v) is 23.1. The van der Waals surface area contributed by atoms with Crippen LogP contribution in [0.25, 0.3) is 0 Å². The molecule has 0 saturated heterocycles. The number of hydrogen-bond acceptors (Lipinski definition) is 4. The first kappa shape index (κ1) is 30.1. The Hall–Kier alpha value is -0.910. The van der Waals surface area contributed by atoms with Crippen molar-refractivity contribution in [3.63, 3.8) is 0 Å². The van der Waals surface area contributed by atoms with E-state index in [1.807, 2.05) is 13.8 Å². The highest BCUT2D eigenvalue weighted by Crippen LogP contribution is 2.32.